The van der Waals surface area contributed by atoms with E-state index in [0.717, 1.165) is 12.8 Å². The van der Waals surface area contributed by atoms with Crippen LogP contribution in [-0.4, -0.2) is 29.2 Å². The van der Waals surface area contributed by atoms with Crippen LogP contribution in [0.5, 0.6) is 0 Å². The average molecular weight is 258 g/mol. The molecule has 0 aromatic rings. The van der Waals surface area contributed by atoms with Gasteiger partial charge in [-0.2, -0.15) is 0 Å². The zero-order valence-corrected chi connectivity index (χ0v) is 11.8. The minimum atomic E-state index is -0.838. The van der Waals surface area contributed by atoms with Crippen molar-refractivity contribution in [3.05, 3.63) is 0 Å². The third-order valence-corrected chi connectivity index (χ3v) is 3.28. The van der Waals surface area contributed by atoms with Gasteiger partial charge in [0, 0.05) is 18.5 Å². The highest BCUT2D eigenvalue weighted by molar-refractivity contribution is 5.74. The first-order valence-corrected chi connectivity index (χ1v) is 6.69. The van der Waals surface area contributed by atoms with Crippen LogP contribution in [0, 0.1) is 5.92 Å². The molecule has 2 atom stereocenters. The molecule has 2 unspecified atom stereocenters. The van der Waals surface area contributed by atoms with Gasteiger partial charge in [-0.15, -0.1) is 0 Å². The number of hydrogen-bond acceptors (Lipinski definition) is 2. The number of hydrogen-bond donors (Lipinski definition) is 3. The largest absolute Gasteiger partial charge is 0.481 e. The lowest BCUT2D eigenvalue weighted by Crippen LogP contribution is -2.46. The molecular weight excluding hydrogens is 232 g/mol. The fraction of sp³-hybridized carbons (Fsp3) is 0.846. The molecule has 18 heavy (non-hydrogen) atoms. The summed E-state index contributed by atoms with van der Waals surface area (Å²) < 4.78 is 0. The van der Waals surface area contributed by atoms with E-state index in [0.29, 0.717) is 12.3 Å². The van der Waals surface area contributed by atoms with E-state index >= 15 is 0 Å². The maximum Gasteiger partial charge on any atom is 0.315 e. The maximum atomic E-state index is 11.7. The number of urea groups is 1. The SMILES string of the molecule is CCC(CC)C(C)NC(=O)NC(C)CCC(=O)O. The third-order valence-electron chi connectivity index (χ3n) is 3.28. The topological polar surface area (TPSA) is 78.4 Å². The van der Waals surface area contributed by atoms with Crippen molar-refractivity contribution in [2.45, 2.75) is 65.5 Å². The zero-order valence-electron chi connectivity index (χ0n) is 11.8. The van der Waals surface area contributed by atoms with Crippen LogP contribution in [0.2, 0.25) is 0 Å². The molecule has 0 rings (SSSR count). The second kappa shape index (κ2) is 8.78. The number of amides is 2. The Hall–Kier alpha value is -1.26. The fourth-order valence-electron chi connectivity index (χ4n) is 2.00. The van der Waals surface area contributed by atoms with E-state index in [2.05, 4.69) is 24.5 Å². The first-order chi connectivity index (χ1) is 8.40. The smallest absolute Gasteiger partial charge is 0.315 e. The second-order valence-corrected chi connectivity index (χ2v) is 4.82. The van der Waals surface area contributed by atoms with Crippen LogP contribution in [0.25, 0.3) is 0 Å². The Kier molecular flexibility index (Phi) is 8.16. The number of carboxylic acid groups (broad SMARTS) is 1. The summed E-state index contributed by atoms with van der Waals surface area (Å²) in [7, 11) is 0. The molecule has 0 aliphatic rings. The standard InChI is InChI=1S/C13H26N2O3/c1-5-11(6-2)10(4)15-13(18)14-9(3)7-8-12(16)17/h9-11H,5-8H2,1-4H3,(H,16,17)(H2,14,15,18). The van der Waals surface area contributed by atoms with Gasteiger partial charge in [0.1, 0.15) is 0 Å². The van der Waals surface area contributed by atoms with Crippen LogP contribution in [-0.2, 0) is 4.79 Å². The molecule has 0 aliphatic carbocycles. The number of aliphatic carboxylic acids is 1. The summed E-state index contributed by atoms with van der Waals surface area (Å²) in [5.41, 5.74) is 0. The Morgan fingerprint density at radius 1 is 1.11 bits per heavy atom. The van der Waals surface area contributed by atoms with Crippen molar-refractivity contribution >= 4 is 12.0 Å². The van der Waals surface area contributed by atoms with Gasteiger partial charge in [-0.05, 0) is 26.2 Å². The van der Waals surface area contributed by atoms with Crippen molar-refractivity contribution in [2.24, 2.45) is 5.92 Å². The minimum absolute atomic E-state index is 0.0730. The van der Waals surface area contributed by atoms with Crippen LogP contribution >= 0.6 is 0 Å². The van der Waals surface area contributed by atoms with E-state index in [4.69, 9.17) is 5.11 Å². The van der Waals surface area contributed by atoms with Crippen molar-refractivity contribution in [3.8, 4) is 0 Å². The summed E-state index contributed by atoms with van der Waals surface area (Å²) >= 11 is 0. The van der Waals surface area contributed by atoms with Gasteiger partial charge >= 0.3 is 12.0 Å². The van der Waals surface area contributed by atoms with Crippen LogP contribution in [0.1, 0.15) is 53.4 Å². The molecule has 0 aromatic carbocycles. The molecule has 0 spiro atoms. The Bertz CT molecular complexity index is 265. The Balaban J connectivity index is 3.98. The van der Waals surface area contributed by atoms with Crippen molar-refractivity contribution in [1.29, 1.82) is 0 Å². The molecule has 0 fully saturated rings. The molecule has 0 saturated heterocycles. The van der Waals surface area contributed by atoms with Crippen LogP contribution in [0.3, 0.4) is 0 Å². The van der Waals surface area contributed by atoms with Gasteiger partial charge in [0.2, 0.25) is 0 Å². The third kappa shape index (κ3) is 7.14. The van der Waals surface area contributed by atoms with Gasteiger partial charge in [-0.25, -0.2) is 4.79 Å². The van der Waals surface area contributed by atoms with Gasteiger partial charge in [0.05, 0.1) is 0 Å². The summed E-state index contributed by atoms with van der Waals surface area (Å²) in [6.45, 7) is 8.03. The van der Waals surface area contributed by atoms with Crippen LogP contribution < -0.4 is 10.6 Å². The van der Waals surface area contributed by atoms with E-state index < -0.39 is 5.97 Å². The molecular formula is C13H26N2O3. The molecule has 2 amide bonds. The van der Waals surface area contributed by atoms with Crippen molar-refractivity contribution < 1.29 is 14.7 Å². The summed E-state index contributed by atoms with van der Waals surface area (Å²) in [5.74, 6) is -0.362. The highest BCUT2D eigenvalue weighted by Gasteiger charge is 2.16. The summed E-state index contributed by atoms with van der Waals surface area (Å²) in [6.07, 6.45) is 2.59. The Morgan fingerprint density at radius 2 is 1.67 bits per heavy atom. The Morgan fingerprint density at radius 3 is 2.11 bits per heavy atom. The van der Waals surface area contributed by atoms with E-state index in [1.165, 1.54) is 0 Å². The molecule has 5 nitrogen and oxygen atoms in total. The first-order valence-electron chi connectivity index (χ1n) is 6.69. The molecule has 0 bridgehead atoms. The number of carboxylic acids is 1. The lowest BCUT2D eigenvalue weighted by atomic mass is 9.96. The zero-order chi connectivity index (χ0) is 14.1. The van der Waals surface area contributed by atoms with Crippen molar-refractivity contribution in [1.82, 2.24) is 10.6 Å². The fourth-order valence-corrected chi connectivity index (χ4v) is 2.00. The predicted molar refractivity (Wildman–Crippen MR) is 71.5 cm³/mol. The molecule has 0 radical (unpaired) electrons. The van der Waals surface area contributed by atoms with E-state index in [9.17, 15) is 9.59 Å². The molecule has 0 saturated carbocycles. The molecule has 0 aromatic heterocycles. The van der Waals surface area contributed by atoms with Crippen LogP contribution in [0.4, 0.5) is 4.79 Å². The van der Waals surface area contributed by atoms with Gasteiger partial charge in [-0.1, -0.05) is 26.7 Å². The van der Waals surface area contributed by atoms with Gasteiger partial charge in [0.15, 0.2) is 0 Å². The molecule has 0 aliphatic heterocycles. The van der Waals surface area contributed by atoms with E-state index in [-0.39, 0.29) is 24.5 Å². The number of carbonyl (C=O) groups excluding carboxylic acids is 1. The lowest BCUT2D eigenvalue weighted by molar-refractivity contribution is -0.137. The molecule has 0 heterocycles. The van der Waals surface area contributed by atoms with Gasteiger partial charge in [0.25, 0.3) is 0 Å². The maximum absolute atomic E-state index is 11.7. The van der Waals surface area contributed by atoms with Crippen molar-refractivity contribution in [2.75, 3.05) is 0 Å². The summed E-state index contributed by atoms with van der Waals surface area (Å²) in [5, 5.41) is 14.2. The first kappa shape index (κ1) is 16.7. The normalized spacial score (nSPS) is 14.1. The second-order valence-electron chi connectivity index (χ2n) is 4.82. The number of nitrogens with one attached hydrogen (secondary N) is 2. The summed E-state index contributed by atoms with van der Waals surface area (Å²) in [4.78, 5) is 22.1. The molecule has 3 N–H and O–H groups in total. The van der Waals surface area contributed by atoms with Crippen LogP contribution in [0.15, 0.2) is 0 Å². The van der Waals surface area contributed by atoms with Crippen molar-refractivity contribution in [3.63, 3.8) is 0 Å². The lowest BCUT2D eigenvalue weighted by Gasteiger charge is -2.23. The van der Waals surface area contributed by atoms with E-state index in [1.807, 2.05) is 13.8 Å². The molecule has 106 valence electrons. The number of carbonyl (C=O) groups is 2. The van der Waals surface area contributed by atoms with Gasteiger partial charge in [-0.3, -0.25) is 4.79 Å². The predicted octanol–water partition coefficient (Wildman–Crippen LogP) is 2.36. The summed E-state index contributed by atoms with van der Waals surface area (Å²) in [6, 6.07) is -0.214. The quantitative estimate of drug-likeness (QED) is 0.625. The average Bonchev–Trinajstić information content (AvgIpc) is 2.27. The van der Waals surface area contributed by atoms with E-state index in [1.54, 1.807) is 0 Å². The monoisotopic (exact) mass is 258 g/mol. The highest BCUT2D eigenvalue weighted by atomic mass is 16.4. The number of rotatable bonds is 8. The Labute approximate surface area is 109 Å². The van der Waals surface area contributed by atoms with Gasteiger partial charge < -0.3 is 15.7 Å². The molecule has 5 heteroatoms. The highest BCUT2D eigenvalue weighted by Crippen LogP contribution is 2.12. The minimum Gasteiger partial charge on any atom is -0.481 e.